The minimum atomic E-state index is -0.227. The van der Waals surface area contributed by atoms with Gasteiger partial charge < -0.3 is 14.6 Å². The molecule has 2 aromatic heterocycles. The van der Waals surface area contributed by atoms with Gasteiger partial charge >= 0.3 is 0 Å². The van der Waals surface area contributed by atoms with Gasteiger partial charge in [0.25, 0.3) is 5.91 Å². The summed E-state index contributed by atoms with van der Waals surface area (Å²) < 4.78 is 7.03. The Balaban J connectivity index is 2.16. The van der Waals surface area contributed by atoms with E-state index in [2.05, 4.69) is 22.2 Å². The van der Waals surface area contributed by atoms with E-state index in [-0.39, 0.29) is 11.9 Å². The van der Waals surface area contributed by atoms with Crippen LogP contribution in [0, 0.1) is 0 Å². The van der Waals surface area contributed by atoms with E-state index in [4.69, 9.17) is 4.74 Å². The van der Waals surface area contributed by atoms with Crippen molar-refractivity contribution in [2.24, 2.45) is 7.05 Å². The minimum Gasteiger partial charge on any atom is -0.497 e. The highest BCUT2D eigenvalue weighted by molar-refractivity contribution is 5.92. The number of aromatic nitrogens is 3. The number of nitrogens with zero attached hydrogens (tertiary/aromatic N) is 3. The SMILES string of the molecule is CCCC(NC(=O)c1cc(OC)ccn1)c1nccn1C. The summed E-state index contributed by atoms with van der Waals surface area (Å²) in [4.78, 5) is 20.7. The summed E-state index contributed by atoms with van der Waals surface area (Å²) in [6, 6.07) is 3.20. The molecule has 0 aromatic carbocycles. The summed E-state index contributed by atoms with van der Waals surface area (Å²) in [7, 11) is 3.48. The second kappa shape index (κ2) is 6.88. The molecule has 0 aliphatic carbocycles. The maximum atomic E-state index is 12.3. The summed E-state index contributed by atoms with van der Waals surface area (Å²) in [5, 5.41) is 2.99. The lowest BCUT2D eigenvalue weighted by atomic mass is 10.1. The Kier molecular flexibility index (Phi) is 4.92. The third-order valence-corrected chi connectivity index (χ3v) is 3.25. The van der Waals surface area contributed by atoms with Gasteiger partial charge in [-0.2, -0.15) is 0 Å². The highest BCUT2D eigenvalue weighted by atomic mass is 16.5. The molecule has 0 aliphatic heterocycles. The number of ether oxygens (including phenoxy) is 1. The summed E-state index contributed by atoms with van der Waals surface area (Å²) >= 11 is 0. The van der Waals surface area contributed by atoms with Gasteiger partial charge in [0, 0.05) is 31.7 Å². The number of hydrogen-bond acceptors (Lipinski definition) is 4. The highest BCUT2D eigenvalue weighted by Gasteiger charge is 2.19. The van der Waals surface area contributed by atoms with Gasteiger partial charge in [-0.15, -0.1) is 0 Å². The molecule has 21 heavy (non-hydrogen) atoms. The summed E-state index contributed by atoms with van der Waals surface area (Å²) in [5.41, 5.74) is 0.338. The zero-order valence-electron chi connectivity index (χ0n) is 12.5. The van der Waals surface area contributed by atoms with Crippen molar-refractivity contribution in [2.45, 2.75) is 25.8 Å². The summed E-state index contributed by atoms with van der Waals surface area (Å²) in [6.07, 6.45) is 6.93. The van der Waals surface area contributed by atoms with Crippen LogP contribution < -0.4 is 10.1 Å². The van der Waals surface area contributed by atoms with Crippen molar-refractivity contribution < 1.29 is 9.53 Å². The molecule has 0 aliphatic rings. The molecule has 1 unspecified atom stereocenters. The summed E-state index contributed by atoms with van der Waals surface area (Å²) in [5.74, 6) is 1.22. The number of aryl methyl sites for hydroxylation is 1. The van der Waals surface area contributed by atoms with E-state index in [0.29, 0.717) is 11.4 Å². The number of hydrogen-bond donors (Lipinski definition) is 1. The van der Waals surface area contributed by atoms with Crippen LogP contribution in [0.3, 0.4) is 0 Å². The van der Waals surface area contributed by atoms with Gasteiger partial charge in [-0.1, -0.05) is 13.3 Å². The number of pyridine rings is 1. The molecule has 6 nitrogen and oxygen atoms in total. The smallest absolute Gasteiger partial charge is 0.270 e. The normalized spacial score (nSPS) is 12.0. The van der Waals surface area contributed by atoms with Crippen molar-refractivity contribution >= 4 is 5.91 Å². The zero-order chi connectivity index (χ0) is 15.2. The third-order valence-electron chi connectivity index (χ3n) is 3.25. The Hall–Kier alpha value is -2.37. The molecular weight excluding hydrogens is 268 g/mol. The fourth-order valence-electron chi connectivity index (χ4n) is 2.16. The maximum absolute atomic E-state index is 12.3. The molecule has 6 heteroatoms. The van der Waals surface area contributed by atoms with Crippen LogP contribution in [0.15, 0.2) is 30.7 Å². The quantitative estimate of drug-likeness (QED) is 0.883. The summed E-state index contributed by atoms with van der Waals surface area (Å²) in [6.45, 7) is 2.08. The first-order valence-corrected chi connectivity index (χ1v) is 6.93. The van der Waals surface area contributed by atoms with Crippen molar-refractivity contribution in [1.29, 1.82) is 0 Å². The number of rotatable bonds is 6. The second-order valence-corrected chi connectivity index (χ2v) is 4.79. The fourth-order valence-corrected chi connectivity index (χ4v) is 2.16. The van der Waals surface area contributed by atoms with Gasteiger partial charge in [-0.25, -0.2) is 4.98 Å². The van der Waals surface area contributed by atoms with Crippen LogP contribution in [0.1, 0.15) is 42.1 Å². The predicted molar refractivity (Wildman–Crippen MR) is 79.1 cm³/mol. The van der Waals surface area contributed by atoms with E-state index in [1.165, 1.54) is 0 Å². The molecule has 2 aromatic rings. The Morgan fingerprint density at radius 2 is 2.24 bits per heavy atom. The van der Waals surface area contributed by atoms with E-state index in [1.54, 1.807) is 31.6 Å². The van der Waals surface area contributed by atoms with Crippen LogP contribution >= 0.6 is 0 Å². The van der Waals surface area contributed by atoms with Crippen molar-refractivity contribution in [3.8, 4) is 5.75 Å². The molecular formula is C15H20N4O2. The molecule has 0 radical (unpaired) electrons. The van der Waals surface area contributed by atoms with Crippen LogP contribution in [0.5, 0.6) is 5.75 Å². The monoisotopic (exact) mass is 288 g/mol. The Morgan fingerprint density at radius 3 is 2.86 bits per heavy atom. The lowest BCUT2D eigenvalue weighted by molar-refractivity contribution is 0.0926. The largest absolute Gasteiger partial charge is 0.497 e. The fraction of sp³-hybridized carbons (Fsp3) is 0.400. The maximum Gasteiger partial charge on any atom is 0.270 e. The van der Waals surface area contributed by atoms with Gasteiger partial charge in [0.05, 0.1) is 13.2 Å². The van der Waals surface area contributed by atoms with Crippen LogP contribution in [0.25, 0.3) is 0 Å². The van der Waals surface area contributed by atoms with E-state index in [9.17, 15) is 4.79 Å². The van der Waals surface area contributed by atoms with E-state index in [1.807, 2.05) is 17.8 Å². The van der Waals surface area contributed by atoms with Crippen molar-refractivity contribution in [1.82, 2.24) is 19.9 Å². The second-order valence-electron chi connectivity index (χ2n) is 4.79. The lowest BCUT2D eigenvalue weighted by Crippen LogP contribution is -2.30. The molecule has 1 atom stereocenters. The van der Waals surface area contributed by atoms with Gasteiger partial charge in [0.1, 0.15) is 17.3 Å². The molecule has 2 rings (SSSR count). The van der Waals surface area contributed by atoms with Gasteiger partial charge in [-0.3, -0.25) is 9.78 Å². The van der Waals surface area contributed by atoms with Crippen LogP contribution in [0.4, 0.5) is 0 Å². The zero-order valence-corrected chi connectivity index (χ0v) is 12.5. The number of methoxy groups -OCH3 is 1. The molecule has 2 heterocycles. The lowest BCUT2D eigenvalue weighted by Gasteiger charge is -2.17. The first-order chi connectivity index (χ1) is 10.2. The van der Waals surface area contributed by atoms with Crippen molar-refractivity contribution in [2.75, 3.05) is 7.11 Å². The standard InChI is InChI=1S/C15H20N4O2/c1-4-5-12(14-17-8-9-19(14)2)18-15(20)13-10-11(21-3)6-7-16-13/h6-10,12H,4-5H2,1-3H3,(H,18,20). The first-order valence-electron chi connectivity index (χ1n) is 6.93. The molecule has 0 spiro atoms. The van der Waals surface area contributed by atoms with Crippen molar-refractivity contribution in [3.63, 3.8) is 0 Å². The number of carbonyl (C=O) groups excluding carboxylic acids is 1. The van der Waals surface area contributed by atoms with E-state index in [0.717, 1.165) is 18.7 Å². The van der Waals surface area contributed by atoms with Gasteiger partial charge in [0.15, 0.2) is 0 Å². The number of amides is 1. The predicted octanol–water partition coefficient (Wildman–Crippen LogP) is 2.09. The molecule has 1 N–H and O–H groups in total. The van der Waals surface area contributed by atoms with Gasteiger partial charge in [-0.05, 0) is 12.5 Å². The van der Waals surface area contributed by atoms with Crippen LogP contribution in [0.2, 0.25) is 0 Å². The van der Waals surface area contributed by atoms with Crippen LogP contribution in [-0.4, -0.2) is 27.6 Å². The topological polar surface area (TPSA) is 69.0 Å². The Bertz CT molecular complexity index is 609. The van der Waals surface area contributed by atoms with Crippen LogP contribution in [-0.2, 0) is 7.05 Å². The molecule has 0 saturated heterocycles. The average molecular weight is 288 g/mol. The molecule has 0 bridgehead atoms. The van der Waals surface area contributed by atoms with E-state index >= 15 is 0 Å². The van der Waals surface area contributed by atoms with Crippen molar-refractivity contribution in [3.05, 3.63) is 42.2 Å². The molecule has 112 valence electrons. The number of nitrogens with one attached hydrogen (secondary N) is 1. The minimum absolute atomic E-state index is 0.129. The van der Waals surface area contributed by atoms with E-state index < -0.39 is 0 Å². The number of imidazole rings is 1. The molecule has 0 saturated carbocycles. The number of carbonyl (C=O) groups is 1. The Morgan fingerprint density at radius 1 is 1.43 bits per heavy atom. The molecule has 1 amide bonds. The first kappa shape index (κ1) is 15.0. The van der Waals surface area contributed by atoms with Gasteiger partial charge in [0.2, 0.25) is 0 Å². The average Bonchev–Trinajstić information content (AvgIpc) is 2.93. The molecule has 0 fully saturated rings. The third kappa shape index (κ3) is 3.59. The highest BCUT2D eigenvalue weighted by Crippen LogP contribution is 2.17. The Labute approximate surface area is 124 Å².